The van der Waals surface area contributed by atoms with Crippen LogP contribution in [0.3, 0.4) is 0 Å². The van der Waals surface area contributed by atoms with Gasteiger partial charge in [0.05, 0.1) is 0 Å². The van der Waals surface area contributed by atoms with Gasteiger partial charge in [-0.3, -0.25) is 4.98 Å². The van der Waals surface area contributed by atoms with Gasteiger partial charge in [-0.1, -0.05) is 33.6 Å². The van der Waals surface area contributed by atoms with E-state index in [4.69, 9.17) is 0 Å². The lowest BCUT2D eigenvalue weighted by Crippen LogP contribution is -2.24. The molecule has 0 aliphatic rings. The summed E-state index contributed by atoms with van der Waals surface area (Å²) in [5.74, 6) is 0.808. The van der Waals surface area contributed by atoms with Crippen molar-refractivity contribution in [3.63, 3.8) is 0 Å². The molecule has 0 spiro atoms. The van der Waals surface area contributed by atoms with Crippen LogP contribution in [0.4, 0.5) is 0 Å². The maximum atomic E-state index is 4.49. The van der Waals surface area contributed by atoms with Gasteiger partial charge in [0.15, 0.2) is 0 Å². The van der Waals surface area contributed by atoms with Crippen LogP contribution >= 0.6 is 0 Å². The second-order valence-electron chi connectivity index (χ2n) is 5.61. The van der Waals surface area contributed by atoms with E-state index in [-0.39, 0.29) is 0 Å². The van der Waals surface area contributed by atoms with Gasteiger partial charge in [-0.2, -0.15) is 0 Å². The highest BCUT2D eigenvalue weighted by Crippen LogP contribution is 2.26. The van der Waals surface area contributed by atoms with E-state index >= 15 is 0 Å². The molecule has 0 aliphatic heterocycles. The van der Waals surface area contributed by atoms with Gasteiger partial charge >= 0.3 is 0 Å². The molecule has 1 rings (SSSR count). The second-order valence-corrected chi connectivity index (χ2v) is 5.61. The van der Waals surface area contributed by atoms with Crippen LogP contribution in [0.15, 0.2) is 12.1 Å². The van der Waals surface area contributed by atoms with Crippen molar-refractivity contribution < 1.29 is 0 Å². The third kappa shape index (κ3) is 5.32. The summed E-state index contributed by atoms with van der Waals surface area (Å²) in [6.07, 6.45) is 4.95. The second kappa shape index (κ2) is 8.31. The summed E-state index contributed by atoms with van der Waals surface area (Å²) in [7, 11) is 0. The minimum atomic E-state index is 0.477. The molecular weight excluding hydrogens is 232 g/mol. The molecule has 1 aromatic rings. The molecule has 1 N–H and O–H groups in total. The highest BCUT2D eigenvalue weighted by molar-refractivity contribution is 5.23. The first-order chi connectivity index (χ1) is 9.10. The monoisotopic (exact) mass is 262 g/mol. The summed E-state index contributed by atoms with van der Waals surface area (Å²) in [5, 5.41) is 3.71. The van der Waals surface area contributed by atoms with Crippen LogP contribution in [0.1, 0.15) is 69.4 Å². The molecule has 0 saturated heterocycles. The third-order valence-corrected chi connectivity index (χ3v) is 3.87. The minimum Gasteiger partial charge on any atom is -0.310 e. The van der Waals surface area contributed by atoms with Gasteiger partial charge in [-0.15, -0.1) is 0 Å². The molecule has 1 atom stereocenters. The molecule has 0 bridgehead atoms. The Morgan fingerprint density at radius 3 is 2.11 bits per heavy atom. The highest BCUT2D eigenvalue weighted by atomic mass is 14.9. The third-order valence-electron chi connectivity index (χ3n) is 3.87. The van der Waals surface area contributed by atoms with Crippen LogP contribution in [-0.2, 0) is 0 Å². The summed E-state index contributed by atoms with van der Waals surface area (Å²) in [6.45, 7) is 12.1. The molecule has 0 radical (unpaired) electrons. The van der Waals surface area contributed by atoms with Gasteiger partial charge in [-0.05, 0) is 56.8 Å². The molecule has 0 aromatic carbocycles. The van der Waals surface area contributed by atoms with E-state index in [0.29, 0.717) is 6.04 Å². The first-order valence-corrected chi connectivity index (χ1v) is 7.79. The lowest BCUT2D eigenvalue weighted by molar-refractivity contribution is 0.371. The average Bonchev–Trinajstić information content (AvgIpc) is 2.38. The first kappa shape index (κ1) is 16.2. The highest BCUT2D eigenvalue weighted by Gasteiger charge is 2.16. The van der Waals surface area contributed by atoms with E-state index in [2.05, 4.69) is 57.1 Å². The predicted molar refractivity (Wildman–Crippen MR) is 83.4 cm³/mol. The number of hydrogen-bond acceptors (Lipinski definition) is 2. The number of aryl methyl sites for hydroxylation is 2. The number of nitrogens with zero attached hydrogens (tertiary/aromatic N) is 1. The Kier molecular flexibility index (Phi) is 7.07. The molecule has 2 nitrogen and oxygen atoms in total. The number of pyridine rings is 1. The molecule has 0 fully saturated rings. The molecule has 1 heterocycles. The molecule has 0 saturated carbocycles. The van der Waals surface area contributed by atoms with E-state index in [1.54, 1.807) is 0 Å². The van der Waals surface area contributed by atoms with E-state index in [1.165, 1.54) is 31.2 Å². The van der Waals surface area contributed by atoms with Crippen molar-refractivity contribution in [2.45, 2.75) is 66.3 Å². The Balaban J connectivity index is 2.87. The van der Waals surface area contributed by atoms with E-state index < -0.39 is 0 Å². The SMILES string of the molecule is CCCNC(CC(CC)CC)c1cc(C)nc(C)c1. The lowest BCUT2D eigenvalue weighted by atomic mass is 9.91. The molecule has 108 valence electrons. The molecule has 1 aromatic heterocycles. The summed E-state index contributed by atoms with van der Waals surface area (Å²) in [4.78, 5) is 4.49. The quantitative estimate of drug-likeness (QED) is 0.742. The fourth-order valence-corrected chi connectivity index (χ4v) is 2.68. The standard InChI is InChI=1S/C17H30N2/c1-6-9-18-17(12-15(7-2)8-3)16-10-13(4)19-14(5)11-16/h10-11,15,17-18H,6-9,12H2,1-5H3. The summed E-state index contributed by atoms with van der Waals surface area (Å²) in [6, 6.07) is 4.95. The van der Waals surface area contributed by atoms with Crippen LogP contribution in [0.5, 0.6) is 0 Å². The van der Waals surface area contributed by atoms with Crippen molar-refractivity contribution in [1.82, 2.24) is 10.3 Å². The number of nitrogens with one attached hydrogen (secondary N) is 1. The Hall–Kier alpha value is -0.890. The molecular formula is C17H30N2. The molecule has 19 heavy (non-hydrogen) atoms. The maximum Gasteiger partial charge on any atom is 0.0379 e. The van der Waals surface area contributed by atoms with Crippen molar-refractivity contribution >= 4 is 0 Å². The Morgan fingerprint density at radius 1 is 1.05 bits per heavy atom. The fraction of sp³-hybridized carbons (Fsp3) is 0.706. The van der Waals surface area contributed by atoms with Crippen LogP contribution in [0.25, 0.3) is 0 Å². The van der Waals surface area contributed by atoms with Crippen LogP contribution in [-0.4, -0.2) is 11.5 Å². The average molecular weight is 262 g/mol. The van der Waals surface area contributed by atoms with Crippen molar-refractivity contribution in [1.29, 1.82) is 0 Å². The van der Waals surface area contributed by atoms with Crippen molar-refractivity contribution in [2.75, 3.05) is 6.54 Å². The largest absolute Gasteiger partial charge is 0.310 e. The van der Waals surface area contributed by atoms with E-state index in [0.717, 1.165) is 23.9 Å². The van der Waals surface area contributed by atoms with Gasteiger partial charge in [0, 0.05) is 17.4 Å². The lowest BCUT2D eigenvalue weighted by Gasteiger charge is -2.24. The Morgan fingerprint density at radius 2 is 1.63 bits per heavy atom. The zero-order chi connectivity index (χ0) is 14.3. The normalized spacial score (nSPS) is 12.9. The Bertz CT molecular complexity index is 349. The smallest absolute Gasteiger partial charge is 0.0379 e. The number of rotatable bonds is 8. The minimum absolute atomic E-state index is 0.477. The predicted octanol–water partition coefficient (Wildman–Crippen LogP) is 4.57. The zero-order valence-electron chi connectivity index (χ0n) is 13.3. The number of aromatic nitrogens is 1. The first-order valence-electron chi connectivity index (χ1n) is 7.79. The zero-order valence-corrected chi connectivity index (χ0v) is 13.3. The van der Waals surface area contributed by atoms with Gasteiger partial charge < -0.3 is 5.32 Å². The van der Waals surface area contributed by atoms with Gasteiger partial charge in [0.25, 0.3) is 0 Å². The van der Waals surface area contributed by atoms with Gasteiger partial charge in [0.1, 0.15) is 0 Å². The van der Waals surface area contributed by atoms with E-state index in [1.807, 2.05) is 0 Å². The van der Waals surface area contributed by atoms with E-state index in [9.17, 15) is 0 Å². The fourth-order valence-electron chi connectivity index (χ4n) is 2.68. The summed E-state index contributed by atoms with van der Waals surface area (Å²) < 4.78 is 0. The van der Waals surface area contributed by atoms with Gasteiger partial charge in [-0.25, -0.2) is 0 Å². The topological polar surface area (TPSA) is 24.9 Å². The van der Waals surface area contributed by atoms with Crippen molar-refractivity contribution in [2.24, 2.45) is 5.92 Å². The van der Waals surface area contributed by atoms with Crippen molar-refractivity contribution in [3.8, 4) is 0 Å². The van der Waals surface area contributed by atoms with Crippen LogP contribution in [0.2, 0.25) is 0 Å². The molecule has 0 aliphatic carbocycles. The van der Waals surface area contributed by atoms with Crippen LogP contribution in [0, 0.1) is 19.8 Å². The molecule has 1 unspecified atom stereocenters. The number of hydrogen-bond donors (Lipinski definition) is 1. The van der Waals surface area contributed by atoms with Gasteiger partial charge in [0.2, 0.25) is 0 Å². The maximum absolute atomic E-state index is 4.49. The van der Waals surface area contributed by atoms with Crippen molar-refractivity contribution in [3.05, 3.63) is 29.1 Å². The van der Waals surface area contributed by atoms with Crippen LogP contribution < -0.4 is 5.32 Å². The molecule has 2 heteroatoms. The molecule has 0 amide bonds. The Labute approximate surface area is 119 Å². The summed E-state index contributed by atoms with van der Waals surface area (Å²) in [5.41, 5.74) is 3.66. The summed E-state index contributed by atoms with van der Waals surface area (Å²) >= 11 is 0.